The van der Waals surface area contributed by atoms with Crippen LogP contribution in [-0.4, -0.2) is 4.99 Å². The zero-order chi connectivity index (χ0) is 12.4. The Labute approximate surface area is 115 Å². The summed E-state index contributed by atoms with van der Waals surface area (Å²) < 4.78 is 0. The number of thiocarbonyl (C=S) groups is 1. The highest BCUT2D eigenvalue weighted by atomic mass is 32.1. The molecular weight excluding hydrogens is 238 g/mol. The third kappa shape index (κ3) is 2.59. The fraction of sp³-hybridized carbons (Fsp3) is 0.562. The average molecular weight is 259 g/mol. The summed E-state index contributed by atoms with van der Waals surface area (Å²) in [5, 5.41) is 3.43. The molecule has 2 aliphatic rings. The number of aryl methyl sites for hydroxylation is 1. The Hall–Kier alpha value is -0.890. The summed E-state index contributed by atoms with van der Waals surface area (Å²) in [6.45, 7) is 0. The predicted octanol–water partition coefficient (Wildman–Crippen LogP) is 4.81. The number of anilines is 1. The minimum atomic E-state index is 0.780. The molecule has 1 fully saturated rings. The molecule has 1 heterocycles. The SMILES string of the molecule is S=C1CCCc2ccc(C3CCCCC3)cc2N1. The van der Waals surface area contributed by atoms with E-state index in [4.69, 9.17) is 12.2 Å². The van der Waals surface area contributed by atoms with Gasteiger partial charge in [0.1, 0.15) is 0 Å². The van der Waals surface area contributed by atoms with E-state index in [0.29, 0.717) is 0 Å². The first kappa shape index (κ1) is 12.2. The lowest BCUT2D eigenvalue weighted by Crippen LogP contribution is -2.09. The van der Waals surface area contributed by atoms with E-state index in [9.17, 15) is 0 Å². The third-order valence-corrected chi connectivity index (χ3v) is 4.64. The number of rotatable bonds is 1. The molecule has 0 unspecified atom stereocenters. The molecule has 1 aromatic carbocycles. The van der Waals surface area contributed by atoms with Gasteiger partial charge in [-0.25, -0.2) is 0 Å². The molecule has 0 bridgehead atoms. The van der Waals surface area contributed by atoms with Gasteiger partial charge in [-0.2, -0.15) is 0 Å². The first-order chi connectivity index (χ1) is 8.83. The molecule has 3 rings (SSSR count). The number of hydrogen-bond acceptors (Lipinski definition) is 1. The lowest BCUT2D eigenvalue weighted by molar-refractivity contribution is 0.443. The van der Waals surface area contributed by atoms with Crippen LogP contribution in [0.2, 0.25) is 0 Å². The lowest BCUT2D eigenvalue weighted by Gasteiger charge is -2.23. The van der Waals surface area contributed by atoms with Crippen LogP contribution in [0.15, 0.2) is 18.2 Å². The molecule has 1 nitrogen and oxygen atoms in total. The largest absolute Gasteiger partial charge is 0.350 e. The first-order valence-electron chi connectivity index (χ1n) is 7.25. The Balaban J connectivity index is 1.86. The summed E-state index contributed by atoms with van der Waals surface area (Å²) in [7, 11) is 0. The summed E-state index contributed by atoms with van der Waals surface area (Å²) in [5.74, 6) is 0.780. The molecule has 96 valence electrons. The highest BCUT2D eigenvalue weighted by Gasteiger charge is 2.18. The smallest absolute Gasteiger partial charge is 0.0797 e. The molecule has 1 aliphatic carbocycles. The summed E-state index contributed by atoms with van der Waals surface area (Å²) in [4.78, 5) is 1.01. The van der Waals surface area contributed by atoms with Crippen LogP contribution >= 0.6 is 12.2 Å². The minimum absolute atomic E-state index is 0.780. The standard InChI is InChI=1S/C16H21NS/c18-16-8-4-7-13-9-10-14(11-15(13)17-16)12-5-2-1-3-6-12/h9-12H,1-8H2,(H,17,18). The maximum atomic E-state index is 5.36. The second kappa shape index (κ2) is 5.40. The zero-order valence-electron chi connectivity index (χ0n) is 10.9. The van der Waals surface area contributed by atoms with Gasteiger partial charge in [0.15, 0.2) is 0 Å². The van der Waals surface area contributed by atoms with Gasteiger partial charge in [-0.15, -0.1) is 0 Å². The van der Waals surface area contributed by atoms with Crippen LogP contribution in [-0.2, 0) is 6.42 Å². The van der Waals surface area contributed by atoms with Crippen molar-refractivity contribution in [3.8, 4) is 0 Å². The zero-order valence-corrected chi connectivity index (χ0v) is 11.7. The van der Waals surface area contributed by atoms with E-state index in [1.165, 1.54) is 55.3 Å². The molecular formula is C16H21NS. The van der Waals surface area contributed by atoms with Gasteiger partial charge in [0.25, 0.3) is 0 Å². The Morgan fingerprint density at radius 1 is 1.00 bits per heavy atom. The Kier molecular flexibility index (Phi) is 3.64. The van der Waals surface area contributed by atoms with Crippen molar-refractivity contribution in [2.45, 2.75) is 57.3 Å². The summed E-state index contributed by atoms with van der Waals surface area (Å²) >= 11 is 5.36. The van der Waals surface area contributed by atoms with E-state index in [0.717, 1.165) is 23.7 Å². The molecule has 1 aromatic rings. The van der Waals surface area contributed by atoms with E-state index in [1.807, 2.05) is 0 Å². The second-order valence-corrected chi connectivity index (χ2v) is 6.15. The fourth-order valence-corrected chi connectivity index (χ4v) is 3.52. The summed E-state index contributed by atoms with van der Waals surface area (Å²) in [6, 6.07) is 7.04. The van der Waals surface area contributed by atoms with Crippen LogP contribution in [0.25, 0.3) is 0 Å². The highest BCUT2D eigenvalue weighted by molar-refractivity contribution is 7.80. The topological polar surface area (TPSA) is 12.0 Å². The molecule has 0 atom stereocenters. The quantitative estimate of drug-likeness (QED) is 0.726. The van der Waals surface area contributed by atoms with Crippen molar-refractivity contribution in [3.05, 3.63) is 29.3 Å². The number of fused-ring (bicyclic) bond motifs is 1. The number of benzene rings is 1. The van der Waals surface area contributed by atoms with E-state index in [-0.39, 0.29) is 0 Å². The molecule has 0 amide bonds. The van der Waals surface area contributed by atoms with Crippen molar-refractivity contribution < 1.29 is 0 Å². The highest BCUT2D eigenvalue weighted by Crippen LogP contribution is 2.35. The second-order valence-electron chi connectivity index (χ2n) is 5.65. The predicted molar refractivity (Wildman–Crippen MR) is 81.4 cm³/mol. The summed E-state index contributed by atoms with van der Waals surface area (Å²) in [5.41, 5.74) is 4.24. The summed E-state index contributed by atoms with van der Waals surface area (Å²) in [6.07, 6.45) is 10.3. The molecule has 1 saturated carbocycles. The van der Waals surface area contributed by atoms with E-state index >= 15 is 0 Å². The molecule has 0 saturated heterocycles. The van der Waals surface area contributed by atoms with Crippen LogP contribution in [0.4, 0.5) is 5.69 Å². The normalized spacial score (nSPS) is 21.0. The van der Waals surface area contributed by atoms with Crippen molar-refractivity contribution in [1.29, 1.82) is 0 Å². The van der Waals surface area contributed by atoms with Crippen LogP contribution < -0.4 is 5.32 Å². The lowest BCUT2D eigenvalue weighted by atomic mass is 9.83. The number of hydrogen-bond donors (Lipinski definition) is 1. The van der Waals surface area contributed by atoms with E-state index in [1.54, 1.807) is 0 Å². The van der Waals surface area contributed by atoms with Gasteiger partial charge in [0.05, 0.1) is 4.99 Å². The van der Waals surface area contributed by atoms with Crippen LogP contribution in [0, 0.1) is 0 Å². The Morgan fingerprint density at radius 2 is 1.83 bits per heavy atom. The van der Waals surface area contributed by atoms with Crippen molar-refractivity contribution in [2.24, 2.45) is 0 Å². The molecule has 18 heavy (non-hydrogen) atoms. The Morgan fingerprint density at radius 3 is 2.67 bits per heavy atom. The van der Waals surface area contributed by atoms with Gasteiger partial charge in [0, 0.05) is 5.69 Å². The van der Waals surface area contributed by atoms with E-state index in [2.05, 4.69) is 23.5 Å². The Bertz CT molecular complexity index is 446. The van der Waals surface area contributed by atoms with Crippen LogP contribution in [0.3, 0.4) is 0 Å². The molecule has 1 aliphatic heterocycles. The van der Waals surface area contributed by atoms with Gasteiger partial charge in [0.2, 0.25) is 0 Å². The molecule has 1 N–H and O–H groups in total. The van der Waals surface area contributed by atoms with Crippen molar-refractivity contribution in [1.82, 2.24) is 0 Å². The van der Waals surface area contributed by atoms with Crippen molar-refractivity contribution >= 4 is 22.9 Å². The minimum Gasteiger partial charge on any atom is -0.350 e. The fourth-order valence-electron chi connectivity index (χ4n) is 3.27. The number of nitrogens with one attached hydrogen (secondary N) is 1. The monoisotopic (exact) mass is 259 g/mol. The maximum absolute atomic E-state index is 5.36. The van der Waals surface area contributed by atoms with Crippen LogP contribution in [0.5, 0.6) is 0 Å². The van der Waals surface area contributed by atoms with Crippen molar-refractivity contribution in [3.63, 3.8) is 0 Å². The van der Waals surface area contributed by atoms with Crippen molar-refractivity contribution in [2.75, 3.05) is 5.32 Å². The van der Waals surface area contributed by atoms with Gasteiger partial charge >= 0.3 is 0 Å². The molecule has 0 radical (unpaired) electrons. The third-order valence-electron chi connectivity index (χ3n) is 4.33. The van der Waals surface area contributed by atoms with Gasteiger partial charge < -0.3 is 5.32 Å². The first-order valence-corrected chi connectivity index (χ1v) is 7.66. The van der Waals surface area contributed by atoms with Gasteiger partial charge in [-0.3, -0.25) is 0 Å². The molecule has 2 heteroatoms. The molecule has 0 spiro atoms. The van der Waals surface area contributed by atoms with Crippen LogP contribution in [0.1, 0.15) is 62.0 Å². The van der Waals surface area contributed by atoms with E-state index < -0.39 is 0 Å². The molecule has 0 aromatic heterocycles. The van der Waals surface area contributed by atoms with Gasteiger partial charge in [-0.1, -0.05) is 43.6 Å². The van der Waals surface area contributed by atoms with Gasteiger partial charge in [-0.05, 0) is 55.2 Å². The average Bonchev–Trinajstić information content (AvgIpc) is 2.59. The maximum Gasteiger partial charge on any atom is 0.0797 e.